The number of ketones is 1. The summed E-state index contributed by atoms with van der Waals surface area (Å²) in [7, 11) is 0. The largest absolute Gasteiger partial charge is 0.456 e. The molecule has 15 atom stereocenters. The van der Waals surface area contributed by atoms with Gasteiger partial charge in [0, 0.05) is 30.7 Å². The average Bonchev–Trinajstić information content (AvgIpc) is 3.31. The van der Waals surface area contributed by atoms with Crippen molar-refractivity contribution >= 4 is 29.6 Å². The standard InChI is InChI=1S/C50H57NO17/c1-25-31(65-45(61)38(56)35(27-15-9-6-10-16-27)51-43(59)28-17-11-7-12-18-28)22-50(62)42(67-44(60)29-19-13-8-14-20-29)40-48(5,41(58)37(55)34(25)47(50,3)4)32(21-33-49(40,24-64-33)68-26(2)52)66-46-39(57)36(54)30(53)23-63-46/h6-20,30-33,35-40,42,46,53-57,62H,21-24H2,1-5H3,(H,51,59)/t30-,31-,32-,33+,35-,36?,37+,38+,39+,40-,42-,46+,48+,49-,50+/m0/s1. The molecular weight excluding hydrogens is 887 g/mol. The van der Waals surface area contributed by atoms with Crippen molar-refractivity contribution < 1.29 is 83.0 Å². The molecule has 18 nitrogen and oxygen atoms in total. The number of fused-ring (bicyclic) bond motifs is 5. The van der Waals surface area contributed by atoms with Crippen molar-refractivity contribution in [1.29, 1.82) is 0 Å². The number of carbonyl (C=O) groups is 5. The molecule has 2 bridgehead atoms. The first-order valence-electron chi connectivity index (χ1n) is 22.5. The van der Waals surface area contributed by atoms with Gasteiger partial charge in [-0.15, -0.1) is 0 Å². The summed E-state index contributed by atoms with van der Waals surface area (Å²) in [6, 6.07) is 22.7. The highest BCUT2D eigenvalue weighted by atomic mass is 16.7. The zero-order valence-electron chi connectivity index (χ0n) is 38.1. The number of benzene rings is 3. The Balaban J connectivity index is 1.26. The molecule has 3 aliphatic carbocycles. The van der Waals surface area contributed by atoms with Crippen molar-refractivity contribution in [2.75, 3.05) is 13.2 Å². The van der Waals surface area contributed by atoms with E-state index in [9.17, 15) is 49.8 Å². The third-order valence-electron chi connectivity index (χ3n) is 14.9. The summed E-state index contributed by atoms with van der Waals surface area (Å²) >= 11 is 0. The molecule has 8 rings (SSSR count). The number of hydrogen-bond acceptors (Lipinski definition) is 17. The van der Waals surface area contributed by atoms with Crippen molar-refractivity contribution in [3.05, 3.63) is 119 Å². The molecule has 18 heteroatoms. The SMILES string of the molecule is CC(=O)O[C@@]12CO[C@@H]1C[C@H](O[C@H]1OC[C@H](O)C(O)[C@H]1O)[C@@]1(C)C(=O)[C@H](O)C3=C(C)[C@@H](OC(=O)[C@H](O)[C@@H](NC(=O)c4ccccc4)c4ccccc4)C[C@@](O)([C@@H](OC(=O)c4ccccc4)[C@H]21)C3(C)C. The Morgan fingerprint density at radius 3 is 2.01 bits per heavy atom. The number of rotatable bonds is 11. The van der Waals surface area contributed by atoms with Crippen LogP contribution in [-0.2, 0) is 42.8 Å². The van der Waals surface area contributed by atoms with Crippen LogP contribution in [0.1, 0.15) is 79.8 Å². The summed E-state index contributed by atoms with van der Waals surface area (Å²) < 4.78 is 36.8. The lowest BCUT2D eigenvalue weighted by atomic mass is 9.44. The number of Topliss-reactive ketones (excluding diaryl/α,β-unsaturated/α-hetero) is 1. The number of hydrogen-bond donors (Lipinski definition) is 7. The predicted octanol–water partition coefficient (Wildman–Crippen LogP) is 1.63. The summed E-state index contributed by atoms with van der Waals surface area (Å²) in [6.45, 7) is 6.21. The van der Waals surface area contributed by atoms with Gasteiger partial charge in [0.15, 0.2) is 23.8 Å². The Bertz CT molecular complexity index is 2430. The van der Waals surface area contributed by atoms with Crippen LogP contribution in [-0.4, -0.2) is 146 Å². The van der Waals surface area contributed by atoms with Gasteiger partial charge in [0.1, 0.15) is 48.3 Å². The summed E-state index contributed by atoms with van der Waals surface area (Å²) in [5.41, 5.74) is -7.60. The van der Waals surface area contributed by atoms with E-state index in [2.05, 4.69) is 5.32 Å². The Labute approximate surface area is 391 Å². The first-order valence-corrected chi connectivity index (χ1v) is 22.5. The quantitative estimate of drug-likeness (QED) is 0.0818. The van der Waals surface area contributed by atoms with E-state index in [0.717, 1.165) is 6.92 Å². The van der Waals surface area contributed by atoms with Crippen LogP contribution in [0.3, 0.4) is 0 Å². The van der Waals surface area contributed by atoms with Gasteiger partial charge in [0.2, 0.25) is 0 Å². The van der Waals surface area contributed by atoms with Gasteiger partial charge in [0.25, 0.3) is 5.91 Å². The fourth-order valence-corrected chi connectivity index (χ4v) is 11.2. The molecule has 0 spiro atoms. The number of aliphatic hydroxyl groups is 6. The van der Waals surface area contributed by atoms with Crippen LogP contribution in [0, 0.1) is 16.7 Å². The number of carbonyl (C=O) groups excluding carboxylic acids is 5. The minimum absolute atomic E-state index is 0.0280. The van der Waals surface area contributed by atoms with Gasteiger partial charge in [-0.05, 0) is 54.8 Å². The van der Waals surface area contributed by atoms with Crippen LogP contribution in [0.15, 0.2) is 102 Å². The van der Waals surface area contributed by atoms with Crippen molar-refractivity contribution in [3.8, 4) is 0 Å². The molecule has 68 heavy (non-hydrogen) atoms. The molecule has 0 radical (unpaired) electrons. The molecule has 2 saturated carbocycles. The summed E-state index contributed by atoms with van der Waals surface area (Å²) in [5, 5.41) is 72.9. The van der Waals surface area contributed by atoms with E-state index in [1.54, 1.807) is 78.9 Å². The molecule has 3 aromatic rings. The van der Waals surface area contributed by atoms with E-state index in [1.165, 1.54) is 39.8 Å². The Kier molecular flexibility index (Phi) is 13.3. The number of aliphatic hydroxyl groups excluding tert-OH is 5. The average molecular weight is 944 g/mol. The van der Waals surface area contributed by atoms with Gasteiger partial charge in [-0.2, -0.15) is 0 Å². The van der Waals surface area contributed by atoms with E-state index in [4.69, 9.17) is 28.4 Å². The smallest absolute Gasteiger partial charge is 0.338 e. The second-order valence-electron chi connectivity index (χ2n) is 19.1. The van der Waals surface area contributed by atoms with Crippen LogP contribution in [0.4, 0.5) is 0 Å². The van der Waals surface area contributed by atoms with E-state index in [-0.39, 0.29) is 35.3 Å². The second-order valence-corrected chi connectivity index (χ2v) is 19.1. The molecule has 2 heterocycles. The van der Waals surface area contributed by atoms with Gasteiger partial charge < -0.3 is 64.4 Å². The molecule has 7 N–H and O–H groups in total. The highest BCUT2D eigenvalue weighted by Gasteiger charge is 2.78. The molecule has 364 valence electrons. The van der Waals surface area contributed by atoms with Gasteiger partial charge in [-0.3, -0.25) is 14.4 Å². The lowest BCUT2D eigenvalue weighted by molar-refractivity contribution is -0.366. The molecule has 5 aliphatic rings. The Morgan fingerprint density at radius 2 is 1.43 bits per heavy atom. The molecule has 4 fully saturated rings. The number of ether oxygens (including phenoxy) is 6. The van der Waals surface area contributed by atoms with Crippen LogP contribution in [0.5, 0.6) is 0 Å². The fourth-order valence-electron chi connectivity index (χ4n) is 11.2. The van der Waals surface area contributed by atoms with Crippen molar-refractivity contribution in [3.63, 3.8) is 0 Å². The van der Waals surface area contributed by atoms with Gasteiger partial charge in [-0.25, -0.2) is 9.59 Å². The maximum atomic E-state index is 15.7. The van der Waals surface area contributed by atoms with Gasteiger partial charge in [-0.1, -0.05) is 80.6 Å². The summed E-state index contributed by atoms with van der Waals surface area (Å²) in [4.78, 5) is 71.3. The van der Waals surface area contributed by atoms with Gasteiger partial charge in [0.05, 0.1) is 42.3 Å². The molecular formula is C50H57NO17. The third-order valence-corrected chi connectivity index (χ3v) is 14.9. The van der Waals surface area contributed by atoms with E-state index in [1.807, 2.05) is 0 Å². The number of amides is 1. The first-order chi connectivity index (χ1) is 32.2. The molecule has 1 amide bonds. The predicted molar refractivity (Wildman–Crippen MR) is 235 cm³/mol. The minimum Gasteiger partial charge on any atom is -0.456 e. The highest BCUT2D eigenvalue weighted by molar-refractivity contribution is 5.95. The van der Waals surface area contributed by atoms with E-state index >= 15 is 4.79 Å². The van der Waals surface area contributed by atoms with Crippen LogP contribution in [0.25, 0.3) is 0 Å². The molecule has 0 aromatic heterocycles. The third kappa shape index (κ3) is 8.14. The monoisotopic (exact) mass is 943 g/mol. The van der Waals surface area contributed by atoms with Gasteiger partial charge >= 0.3 is 17.9 Å². The fraction of sp³-hybridized carbons (Fsp3) is 0.500. The van der Waals surface area contributed by atoms with E-state index in [0.29, 0.717) is 5.56 Å². The summed E-state index contributed by atoms with van der Waals surface area (Å²) in [5.74, 6) is -6.29. The molecule has 2 saturated heterocycles. The number of nitrogens with one attached hydrogen (secondary N) is 1. The first kappa shape index (κ1) is 49.0. The van der Waals surface area contributed by atoms with Crippen LogP contribution >= 0.6 is 0 Å². The molecule has 1 unspecified atom stereocenters. The Hall–Kier alpha value is -5.41. The second kappa shape index (κ2) is 18.5. The zero-order chi connectivity index (χ0) is 49.1. The van der Waals surface area contributed by atoms with Crippen molar-refractivity contribution in [2.45, 2.75) is 126 Å². The highest BCUT2D eigenvalue weighted by Crippen LogP contribution is 2.65. The van der Waals surface area contributed by atoms with E-state index < -0.39 is 138 Å². The zero-order valence-corrected chi connectivity index (χ0v) is 38.1. The minimum atomic E-state index is -2.47. The van der Waals surface area contributed by atoms with Crippen LogP contribution < -0.4 is 5.32 Å². The maximum Gasteiger partial charge on any atom is 0.338 e. The Morgan fingerprint density at radius 1 is 0.824 bits per heavy atom. The number of esters is 3. The molecule has 3 aromatic carbocycles. The lowest BCUT2D eigenvalue weighted by Crippen LogP contribution is -2.82. The normalized spacial score (nSPS) is 36.0. The van der Waals surface area contributed by atoms with Crippen molar-refractivity contribution in [1.82, 2.24) is 5.32 Å². The lowest BCUT2D eigenvalue weighted by Gasteiger charge is -2.68. The topological polar surface area (TPSA) is 274 Å². The van der Waals surface area contributed by atoms with Crippen molar-refractivity contribution in [2.24, 2.45) is 16.7 Å². The summed E-state index contributed by atoms with van der Waals surface area (Å²) in [6.07, 6.45) is -17.8. The molecule has 2 aliphatic heterocycles. The van der Waals surface area contributed by atoms with Crippen LogP contribution in [0.2, 0.25) is 0 Å². The maximum absolute atomic E-state index is 15.7.